The van der Waals surface area contributed by atoms with Crippen molar-refractivity contribution in [3.63, 3.8) is 0 Å². The monoisotopic (exact) mass is 383 g/mol. The number of halogens is 2. The van der Waals surface area contributed by atoms with E-state index in [-0.39, 0.29) is 17.3 Å². The molecule has 130 valence electrons. The van der Waals surface area contributed by atoms with E-state index in [4.69, 9.17) is 23.2 Å². The van der Waals surface area contributed by atoms with Gasteiger partial charge in [-0.1, -0.05) is 47.5 Å². The highest BCUT2D eigenvalue weighted by Gasteiger charge is 2.30. The highest BCUT2D eigenvalue weighted by molar-refractivity contribution is 7.83. The molecule has 2 aromatic carbocycles. The zero-order chi connectivity index (χ0) is 17.9. The lowest BCUT2D eigenvalue weighted by molar-refractivity contribution is 0.318. The van der Waals surface area contributed by atoms with E-state index in [9.17, 15) is 4.21 Å². The molecule has 0 amide bonds. The zero-order valence-electron chi connectivity index (χ0n) is 14.4. The third kappa shape index (κ3) is 4.60. The molecule has 0 N–H and O–H groups in total. The van der Waals surface area contributed by atoms with Crippen LogP contribution in [0.25, 0.3) is 0 Å². The lowest BCUT2D eigenvalue weighted by Gasteiger charge is -2.33. The van der Waals surface area contributed by atoms with Gasteiger partial charge in [0.1, 0.15) is 11.0 Å². The molecule has 2 aromatic rings. The van der Waals surface area contributed by atoms with Crippen LogP contribution in [0.2, 0.25) is 10.0 Å². The Balaban J connectivity index is 2.51. The molecule has 1 unspecified atom stereocenters. The Morgan fingerprint density at radius 3 is 1.38 bits per heavy atom. The summed E-state index contributed by atoms with van der Waals surface area (Å²) in [6.07, 6.45) is 0. The number of hydrogen-bond donors (Lipinski definition) is 0. The highest BCUT2D eigenvalue weighted by atomic mass is 35.5. The first kappa shape index (κ1) is 19.5. The van der Waals surface area contributed by atoms with Crippen molar-refractivity contribution in [2.75, 3.05) is 0 Å². The van der Waals surface area contributed by atoms with Crippen LogP contribution in [0.4, 0.5) is 0 Å². The maximum Gasteiger partial charge on any atom is 0.107 e. The Kier molecular flexibility index (Phi) is 6.88. The van der Waals surface area contributed by atoms with Gasteiger partial charge in [0.05, 0.1) is 5.25 Å². The van der Waals surface area contributed by atoms with Crippen LogP contribution in [0.15, 0.2) is 48.5 Å². The van der Waals surface area contributed by atoms with Crippen LogP contribution >= 0.6 is 23.2 Å². The van der Waals surface area contributed by atoms with Crippen LogP contribution in [-0.2, 0) is 11.0 Å². The fraction of sp³-hybridized carbons (Fsp3) is 0.368. The Hall–Kier alpha value is -0.870. The molecule has 0 aromatic heterocycles. The number of nitrogens with zero attached hydrogens (tertiary/aromatic N) is 1. The molecule has 5 heteroatoms. The van der Waals surface area contributed by atoms with Gasteiger partial charge in [-0.2, -0.15) is 0 Å². The molecule has 0 spiro atoms. The Bertz CT molecular complexity index is 630. The summed E-state index contributed by atoms with van der Waals surface area (Å²) in [6.45, 7) is 8.27. The normalized spacial score (nSPS) is 13.2. The fourth-order valence-electron chi connectivity index (χ4n) is 2.83. The van der Waals surface area contributed by atoms with Crippen molar-refractivity contribution < 1.29 is 4.21 Å². The summed E-state index contributed by atoms with van der Waals surface area (Å²) in [5, 5.41) is 1.08. The van der Waals surface area contributed by atoms with Crippen molar-refractivity contribution in [3.8, 4) is 0 Å². The first-order chi connectivity index (χ1) is 11.3. The van der Waals surface area contributed by atoms with E-state index in [0.29, 0.717) is 10.0 Å². The molecule has 24 heavy (non-hydrogen) atoms. The Morgan fingerprint density at radius 1 is 0.750 bits per heavy atom. The first-order valence-corrected chi connectivity index (χ1v) is 9.93. The summed E-state index contributed by atoms with van der Waals surface area (Å²) in [7, 11) is -1.22. The Labute approximate surface area is 157 Å². The second-order valence-corrected chi connectivity index (χ2v) is 8.62. The molecule has 0 aliphatic heterocycles. The van der Waals surface area contributed by atoms with Gasteiger partial charge in [-0.3, -0.25) is 0 Å². The molecule has 0 aliphatic rings. The van der Waals surface area contributed by atoms with E-state index in [2.05, 4.69) is 27.7 Å². The van der Waals surface area contributed by atoms with E-state index in [1.807, 2.05) is 52.8 Å². The maximum atomic E-state index is 13.5. The molecule has 2 nitrogen and oxygen atoms in total. The molecule has 0 fully saturated rings. The minimum absolute atomic E-state index is 0.174. The lowest BCUT2D eigenvalue weighted by Crippen LogP contribution is -2.40. The molecule has 1 atom stereocenters. The van der Waals surface area contributed by atoms with Gasteiger partial charge < -0.3 is 0 Å². The van der Waals surface area contributed by atoms with E-state index >= 15 is 0 Å². The van der Waals surface area contributed by atoms with Crippen molar-refractivity contribution in [3.05, 3.63) is 69.7 Å². The number of rotatable bonds is 6. The predicted molar refractivity (Wildman–Crippen MR) is 105 cm³/mol. The van der Waals surface area contributed by atoms with Gasteiger partial charge in [-0.25, -0.2) is 8.51 Å². The smallest absolute Gasteiger partial charge is 0.107 e. The number of hydrogen-bond acceptors (Lipinski definition) is 1. The second-order valence-electron chi connectivity index (χ2n) is 6.31. The van der Waals surface area contributed by atoms with E-state index < -0.39 is 11.0 Å². The van der Waals surface area contributed by atoms with Gasteiger partial charge in [0.15, 0.2) is 0 Å². The molecule has 0 saturated heterocycles. The summed E-state index contributed by atoms with van der Waals surface area (Å²) in [4.78, 5) is 0. The molecule has 0 saturated carbocycles. The minimum atomic E-state index is -1.22. The third-order valence-corrected chi connectivity index (χ3v) is 6.48. The largest absolute Gasteiger partial charge is 0.242 e. The summed E-state index contributed by atoms with van der Waals surface area (Å²) in [5.74, 6) is 0. The van der Waals surface area contributed by atoms with Crippen LogP contribution in [0.1, 0.15) is 44.1 Å². The van der Waals surface area contributed by atoms with Gasteiger partial charge in [0.2, 0.25) is 0 Å². The Morgan fingerprint density at radius 2 is 1.08 bits per heavy atom. The van der Waals surface area contributed by atoms with Crippen molar-refractivity contribution in [2.24, 2.45) is 0 Å². The van der Waals surface area contributed by atoms with Crippen LogP contribution in [0.5, 0.6) is 0 Å². The van der Waals surface area contributed by atoms with Crippen molar-refractivity contribution in [1.29, 1.82) is 0 Å². The van der Waals surface area contributed by atoms with Crippen LogP contribution < -0.4 is 0 Å². The minimum Gasteiger partial charge on any atom is -0.242 e. The third-order valence-electron chi connectivity index (χ3n) is 3.77. The predicted octanol–water partition coefficient (Wildman–Crippen LogP) is 5.87. The van der Waals surface area contributed by atoms with Crippen LogP contribution in [0.3, 0.4) is 0 Å². The van der Waals surface area contributed by atoms with E-state index in [0.717, 1.165) is 11.1 Å². The van der Waals surface area contributed by atoms with Gasteiger partial charge >= 0.3 is 0 Å². The van der Waals surface area contributed by atoms with Crippen LogP contribution in [0, 0.1) is 0 Å². The van der Waals surface area contributed by atoms with Gasteiger partial charge in [-0.05, 0) is 63.1 Å². The molecule has 0 heterocycles. The molecular weight excluding hydrogens is 361 g/mol. The SMILES string of the molecule is CC(C)N(C(C)C)S(=O)C(c1ccc(Cl)cc1)c1ccc(Cl)cc1. The van der Waals surface area contributed by atoms with Crippen molar-refractivity contribution in [1.82, 2.24) is 4.31 Å². The molecular formula is C19H23Cl2NOS. The number of benzene rings is 2. The highest BCUT2D eigenvalue weighted by Crippen LogP contribution is 2.33. The zero-order valence-corrected chi connectivity index (χ0v) is 16.7. The summed E-state index contributed by atoms with van der Waals surface area (Å²) >= 11 is 12.0. The molecule has 0 bridgehead atoms. The first-order valence-electron chi connectivity index (χ1n) is 8.01. The molecule has 0 aliphatic carbocycles. The maximum absolute atomic E-state index is 13.5. The van der Waals surface area contributed by atoms with Gasteiger partial charge in [-0.15, -0.1) is 0 Å². The van der Waals surface area contributed by atoms with Gasteiger partial charge in [0, 0.05) is 22.1 Å². The van der Waals surface area contributed by atoms with Gasteiger partial charge in [0.25, 0.3) is 0 Å². The standard InChI is InChI=1S/C19H23Cl2NOS/c1-13(2)22(14(3)4)24(23)19(15-5-9-17(20)10-6-15)16-7-11-18(21)12-8-16/h5-14,19H,1-4H3. The van der Waals surface area contributed by atoms with E-state index in [1.165, 1.54) is 0 Å². The molecule has 0 radical (unpaired) electrons. The topological polar surface area (TPSA) is 20.3 Å². The van der Waals surface area contributed by atoms with Crippen molar-refractivity contribution in [2.45, 2.75) is 45.0 Å². The fourth-order valence-corrected chi connectivity index (χ4v) is 4.94. The second kappa shape index (κ2) is 8.48. The van der Waals surface area contributed by atoms with Crippen molar-refractivity contribution >= 4 is 34.2 Å². The lowest BCUT2D eigenvalue weighted by atomic mass is 10.0. The summed E-state index contributed by atoms with van der Waals surface area (Å²) in [6, 6.07) is 15.5. The average molecular weight is 384 g/mol. The quantitative estimate of drug-likeness (QED) is 0.610. The summed E-state index contributed by atoms with van der Waals surface area (Å²) < 4.78 is 15.5. The van der Waals surface area contributed by atoms with Crippen LogP contribution in [-0.4, -0.2) is 20.6 Å². The summed E-state index contributed by atoms with van der Waals surface area (Å²) in [5.41, 5.74) is 1.96. The molecule has 2 rings (SSSR count). The average Bonchev–Trinajstić information content (AvgIpc) is 2.50. The van der Waals surface area contributed by atoms with E-state index in [1.54, 1.807) is 0 Å².